The average Bonchev–Trinajstić information content (AvgIpc) is 2.55. The molecule has 0 aliphatic carbocycles. The largest absolute Gasteiger partial charge is 0.324 e. The van der Waals surface area contributed by atoms with Crippen molar-refractivity contribution in [1.29, 1.82) is 0 Å². The van der Waals surface area contributed by atoms with Crippen LogP contribution in [-0.2, 0) is 21.2 Å². The third-order valence-electron chi connectivity index (χ3n) is 3.55. The van der Waals surface area contributed by atoms with E-state index in [4.69, 9.17) is 0 Å². The normalized spacial score (nSPS) is 11.3. The molecule has 128 valence electrons. The molecule has 0 radical (unpaired) electrons. The number of hydrogen-bond acceptors (Lipinski definition) is 3. The Bertz CT molecular complexity index is 833. The highest BCUT2D eigenvalue weighted by Gasteiger charge is 2.16. The molecule has 7 heteroatoms. The van der Waals surface area contributed by atoms with Gasteiger partial charge in [0.2, 0.25) is 15.9 Å². The van der Waals surface area contributed by atoms with Crippen molar-refractivity contribution < 1.29 is 17.6 Å². The van der Waals surface area contributed by atoms with Crippen molar-refractivity contribution in [2.75, 3.05) is 11.9 Å². The summed E-state index contributed by atoms with van der Waals surface area (Å²) >= 11 is 0. The van der Waals surface area contributed by atoms with E-state index >= 15 is 0 Å². The van der Waals surface area contributed by atoms with Crippen LogP contribution in [0.2, 0.25) is 0 Å². The lowest BCUT2D eigenvalue weighted by atomic mass is 10.1. The van der Waals surface area contributed by atoms with Gasteiger partial charge in [0.25, 0.3) is 0 Å². The summed E-state index contributed by atoms with van der Waals surface area (Å²) < 4.78 is 39.2. The van der Waals surface area contributed by atoms with Crippen LogP contribution < -0.4 is 10.0 Å². The van der Waals surface area contributed by atoms with Crippen LogP contribution >= 0.6 is 0 Å². The fraction of sp³-hybridized carbons (Fsp3) is 0.235. The number of nitrogens with one attached hydrogen (secondary N) is 2. The number of hydrogen-bond donors (Lipinski definition) is 2. The molecular weight excluding hydrogens is 331 g/mol. The molecule has 2 aromatic carbocycles. The average molecular weight is 350 g/mol. The Kier molecular flexibility index (Phi) is 5.69. The second kappa shape index (κ2) is 7.55. The highest BCUT2D eigenvalue weighted by Crippen LogP contribution is 2.20. The molecule has 2 aromatic rings. The summed E-state index contributed by atoms with van der Waals surface area (Å²) in [6.45, 7) is 3.44. The number of carbonyl (C=O) groups excluding carboxylic acids is 1. The fourth-order valence-corrected chi connectivity index (χ4v) is 3.23. The van der Waals surface area contributed by atoms with Crippen molar-refractivity contribution in [3.8, 4) is 0 Å². The summed E-state index contributed by atoms with van der Waals surface area (Å²) in [5.41, 5.74) is 2.58. The lowest BCUT2D eigenvalue weighted by Gasteiger charge is -2.13. The van der Waals surface area contributed by atoms with Gasteiger partial charge in [-0.15, -0.1) is 0 Å². The first kappa shape index (κ1) is 18.1. The molecule has 2 rings (SSSR count). The Morgan fingerprint density at radius 3 is 2.42 bits per heavy atom. The van der Waals surface area contributed by atoms with Crippen LogP contribution in [0, 0.1) is 12.7 Å². The molecule has 24 heavy (non-hydrogen) atoms. The van der Waals surface area contributed by atoms with Crippen molar-refractivity contribution in [2.24, 2.45) is 0 Å². The predicted octanol–water partition coefficient (Wildman–Crippen LogP) is 2.61. The number of rotatable bonds is 6. The zero-order valence-electron chi connectivity index (χ0n) is 13.5. The number of benzene rings is 2. The van der Waals surface area contributed by atoms with Gasteiger partial charge in [0.15, 0.2) is 0 Å². The molecule has 2 N–H and O–H groups in total. The van der Waals surface area contributed by atoms with E-state index in [1.54, 1.807) is 0 Å². The molecule has 0 aliphatic rings. The van der Waals surface area contributed by atoms with Crippen LogP contribution in [0.15, 0.2) is 47.4 Å². The zero-order chi connectivity index (χ0) is 17.7. The van der Waals surface area contributed by atoms with E-state index in [0.717, 1.165) is 41.8 Å². The molecule has 5 nitrogen and oxygen atoms in total. The van der Waals surface area contributed by atoms with E-state index in [2.05, 4.69) is 10.0 Å². The highest BCUT2D eigenvalue weighted by atomic mass is 32.2. The second-order valence-electron chi connectivity index (χ2n) is 5.29. The topological polar surface area (TPSA) is 75.3 Å². The van der Waals surface area contributed by atoms with Crippen LogP contribution in [-0.4, -0.2) is 20.9 Å². The van der Waals surface area contributed by atoms with Gasteiger partial charge >= 0.3 is 0 Å². The van der Waals surface area contributed by atoms with Gasteiger partial charge in [-0.1, -0.05) is 25.1 Å². The molecule has 0 saturated carbocycles. The smallest absolute Gasteiger partial charge is 0.241 e. The quantitative estimate of drug-likeness (QED) is 0.841. The van der Waals surface area contributed by atoms with Crippen LogP contribution in [0.1, 0.15) is 18.1 Å². The van der Waals surface area contributed by atoms with E-state index in [-0.39, 0.29) is 4.90 Å². The first-order valence-corrected chi connectivity index (χ1v) is 8.95. The maximum absolute atomic E-state index is 12.9. The summed E-state index contributed by atoms with van der Waals surface area (Å²) in [4.78, 5) is 12.0. The van der Waals surface area contributed by atoms with Crippen LogP contribution in [0.4, 0.5) is 10.1 Å². The molecule has 1 amide bonds. The molecule has 0 spiro atoms. The lowest BCUT2D eigenvalue weighted by Crippen LogP contribution is -2.33. The number of carbonyl (C=O) groups is 1. The van der Waals surface area contributed by atoms with Gasteiger partial charge in [-0.3, -0.25) is 4.79 Å². The predicted molar refractivity (Wildman–Crippen MR) is 90.8 cm³/mol. The molecular formula is C17H19FN2O3S. The molecule has 0 fully saturated rings. The van der Waals surface area contributed by atoms with E-state index in [0.29, 0.717) is 5.69 Å². The summed E-state index contributed by atoms with van der Waals surface area (Å²) in [7, 11) is -3.87. The standard InChI is InChI=1S/C17H19FN2O3S/c1-3-13-6-4-5-12(2)17(13)20-16(21)11-19-24(22,23)15-9-7-14(18)8-10-15/h4-10,19H,3,11H2,1-2H3,(H,20,21). The van der Waals surface area contributed by atoms with E-state index in [9.17, 15) is 17.6 Å². The number of aryl methyl sites for hydroxylation is 2. The van der Waals surface area contributed by atoms with E-state index < -0.39 is 28.3 Å². The Balaban J connectivity index is 2.05. The third-order valence-corrected chi connectivity index (χ3v) is 4.97. The molecule has 0 saturated heterocycles. The molecule has 0 aliphatic heterocycles. The van der Waals surface area contributed by atoms with Gasteiger partial charge in [-0.25, -0.2) is 17.5 Å². The number of halogens is 1. The Hall–Kier alpha value is -2.25. The molecule has 0 aromatic heterocycles. The Labute approximate surface area is 141 Å². The maximum Gasteiger partial charge on any atom is 0.241 e. The summed E-state index contributed by atoms with van der Waals surface area (Å²) in [5.74, 6) is -0.997. The van der Waals surface area contributed by atoms with Gasteiger partial charge in [0.05, 0.1) is 11.4 Å². The summed E-state index contributed by atoms with van der Waals surface area (Å²) in [6, 6.07) is 10.1. The Morgan fingerprint density at radius 1 is 1.12 bits per heavy atom. The number of para-hydroxylation sites is 1. The minimum atomic E-state index is -3.87. The van der Waals surface area contributed by atoms with Crippen molar-refractivity contribution in [1.82, 2.24) is 4.72 Å². The van der Waals surface area contributed by atoms with Gasteiger partial charge in [-0.05, 0) is 48.7 Å². The fourth-order valence-electron chi connectivity index (χ4n) is 2.24. The molecule has 0 bridgehead atoms. The van der Waals surface area contributed by atoms with Crippen molar-refractivity contribution >= 4 is 21.6 Å². The Morgan fingerprint density at radius 2 is 1.79 bits per heavy atom. The molecule has 0 unspecified atom stereocenters. The van der Waals surface area contributed by atoms with Crippen molar-refractivity contribution in [2.45, 2.75) is 25.2 Å². The molecule has 0 heterocycles. The number of amides is 1. The summed E-state index contributed by atoms with van der Waals surface area (Å²) in [6.07, 6.45) is 0.749. The van der Waals surface area contributed by atoms with Gasteiger partial charge in [-0.2, -0.15) is 0 Å². The van der Waals surface area contributed by atoms with E-state index in [1.165, 1.54) is 0 Å². The molecule has 0 atom stereocenters. The van der Waals surface area contributed by atoms with Crippen LogP contribution in [0.5, 0.6) is 0 Å². The SMILES string of the molecule is CCc1cccc(C)c1NC(=O)CNS(=O)(=O)c1ccc(F)cc1. The minimum Gasteiger partial charge on any atom is -0.324 e. The second-order valence-corrected chi connectivity index (χ2v) is 7.06. The highest BCUT2D eigenvalue weighted by molar-refractivity contribution is 7.89. The van der Waals surface area contributed by atoms with Crippen LogP contribution in [0.3, 0.4) is 0 Å². The number of sulfonamides is 1. The first-order valence-electron chi connectivity index (χ1n) is 7.47. The lowest BCUT2D eigenvalue weighted by molar-refractivity contribution is -0.115. The third kappa shape index (κ3) is 4.39. The minimum absolute atomic E-state index is 0.0955. The van der Waals surface area contributed by atoms with Crippen molar-refractivity contribution in [3.63, 3.8) is 0 Å². The summed E-state index contributed by atoms with van der Waals surface area (Å²) in [5, 5.41) is 2.74. The van der Waals surface area contributed by atoms with Crippen molar-refractivity contribution in [3.05, 3.63) is 59.4 Å². The first-order chi connectivity index (χ1) is 11.3. The monoisotopic (exact) mass is 350 g/mol. The van der Waals surface area contributed by atoms with Gasteiger partial charge in [0.1, 0.15) is 5.82 Å². The number of anilines is 1. The van der Waals surface area contributed by atoms with Gasteiger partial charge in [0, 0.05) is 5.69 Å². The van der Waals surface area contributed by atoms with Gasteiger partial charge < -0.3 is 5.32 Å². The zero-order valence-corrected chi connectivity index (χ0v) is 14.3. The van der Waals surface area contributed by atoms with E-state index in [1.807, 2.05) is 32.0 Å². The van der Waals surface area contributed by atoms with Crippen LogP contribution in [0.25, 0.3) is 0 Å². The maximum atomic E-state index is 12.9.